The molecule has 0 saturated carbocycles. The van der Waals surface area contributed by atoms with Crippen LogP contribution in [0.3, 0.4) is 0 Å². The van der Waals surface area contributed by atoms with E-state index in [1.54, 1.807) is 44.4 Å². The predicted octanol–water partition coefficient (Wildman–Crippen LogP) is 4.48. The molecule has 0 aliphatic rings. The molecule has 152 valence electrons. The number of rotatable bonds is 7. The van der Waals surface area contributed by atoms with Gasteiger partial charge in [-0.1, -0.05) is 35.5 Å². The summed E-state index contributed by atoms with van der Waals surface area (Å²) in [4.78, 5) is 17.6. The minimum absolute atomic E-state index is 0.265. The van der Waals surface area contributed by atoms with E-state index in [4.69, 9.17) is 14.0 Å². The fraction of sp³-hybridized carbons (Fsp3) is 0.174. The molecule has 0 aliphatic carbocycles. The van der Waals surface area contributed by atoms with Crippen LogP contribution < -0.4 is 10.1 Å². The molecule has 0 spiro atoms. The molecule has 4 rings (SSSR count). The number of ether oxygens (including phenoxy) is 2. The number of hydrogen-bond acceptors (Lipinski definition) is 6. The third-order valence-corrected chi connectivity index (χ3v) is 4.60. The molecule has 0 atom stereocenters. The highest BCUT2D eigenvalue weighted by Crippen LogP contribution is 2.28. The van der Waals surface area contributed by atoms with Crippen molar-refractivity contribution in [3.63, 3.8) is 0 Å². The van der Waals surface area contributed by atoms with E-state index in [1.807, 2.05) is 30.3 Å². The molecule has 7 heteroatoms. The maximum atomic E-state index is 13.1. The SMILES string of the molecule is COCCOc1ccc(NC(=O)c2cc(-c3ccccc3)nc3onc(C)c23)cc1. The van der Waals surface area contributed by atoms with Crippen LogP contribution in [0.1, 0.15) is 16.1 Å². The fourth-order valence-corrected chi connectivity index (χ4v) is 3.11. The van der Waals surface area contributed by atoms with Crippen LogP contribution in [-0.2, 0) is 4.74 Å². The monoisotopic (exact) mass is 403 g/mol. The van der Waals surface area contributed by atoms with Gasteiger partial charge in [0.25, 0.3) is 11.6 Å². The van der Waals surface area contributed by atoms with E-state index in [-0.39, 0.29) is 5.91 Å². The number of carbonyl (C=O) groups is 1. The van der Waals surface area contributed by atoms with Crippen LogP contribution in [0.4, 0.5) is 5.69 Å². The Kier molecular flexibility index (Phi) is 5.72. The zero-order valence-corrected chi connectivity index (χ0v) is 16.7. The van der Waals surface area contributed by atoms with E-state index >= 15 is 0 Å². The molecule has 0 radical (unpaired) electrons. The number of hydrogen-bond donors (Lipinski definition) is 1. The van der Waals surface area contributed by atoms with Crippen LogP contribution in [0.25, 0.3) is 22.4 Å². The van der Waals surface area contributed by atoms with Crippen molar-refractivity contribution in [1.82, 2.24) is 10.1 Å². The van der Waals surface area contributed by atoms with Gasteiger partial charge in [-0.05, 0) is 37.3 Å². The fourth-order valence-electron chi connectivity index (χ4n) is 3.11. The Morgan fingerprint density at radius 2 is 1.83 bits per heavy atom. The molecule has 1 amide bonds. The van der Waals surface area contributed by atoms with Gasteiger partial charge in [-0.2, -0.15) is 0 Å². The van der Waals surface area contributed by atoms with Gasteiger partial charge in [0, 0.05) is 18.4 Å². The number of nitrogens with zero attached hydrogens (tertiary/aromatic N) is 2. The van der Waals surface area contributed by atoms with E-state index in [0.717, 1.165) is 5.56 Å². The normalized spacial score (nSPS) is 10.9. The number of amides is 1. The number of nitrogens with one attached hydrogen (secondary N) is 1. The van der Waals surface area contributed by atoms with Crippen LogP contribution in [0, 0.1) is 6.92 Å². The Bertz CT molecular complexity index is 1150. The van der Waals surface area contributed by atoms with Crippen molar-refractivity contribution in [3.05, 3.63) is 71.9 Å². The molecule has 4 aromatic rings. The van der Waals surface area contributed by atoms with Crippen LogP contribution in [0.2, 0.25) is 0 Å². The smallest absolute Gasteiger partial charge is 0.259 e. The maximum absolute atomic E-state index is 13.1. The first-order chi connectivity index (χ1) is 14.7. The Morgan fingerprint density at radius 1 is 1.07 bits per heavy atom. The number of pyridine rings is 1. The number of methoxy groups -OCH3 is 1. The lowest BCUT2D eigenvalue weighted by Gasteiger charge is -2.10. The van der Waals surface area contributed by atoms with Crippen LogP contribution in [0.5, 0.6) is 5.75 Å². The van der Waals surface area contributed by atoms with Gasteiger partial charge >= 0.3 is 0 Å². The van der Waals surface area contributed by atoms with Gasteiger partial charge in [0.2, 0.25) is 0 Å². The number of aryl methyl sites for hydroxylation is 1. The maximum Gasteiger partial charge on any atom is 0.259 e. The second-order valence-electron chi connectivity index (χ2n) is 6.69. The average molecular weight is 403 g/mol. The Hall–Kier alpha value is -3.71. The minimum Gasteiger partial charge on any atom is -0.491 e. The van der Waals surface area contributed by atoms with Crippen molar-refractivity contribution in [2.24, 2.45) is 0 Å². The van der Waals surface area contributed by atoms with Crippen molar-refractivity contribution in [2.45, 2.75) is 6.92 Å². The zero-order valence-electron chi connectivity index (χ0n) is 16.7. The first-order valence-corrected chi connectivity index (χ1v) is 9.51. The van der Waals surface area contributed by atoms with E-state index in [2.05, 4.69) is 15.5 Å². The Balaban J connectivity index is 1.62. The second-order valence-corrected chi connectivity index (χ2v) is 6.69. The Labute approximate surface area is 173 Å². The number of anilines is 1. The van der Waals surface area contributed by atoms with E-state index in [9.17, 15) is 4.79 Å². The lowest BCUT2D eigenvalue weighted by molar-refractivity contribution is 0.102. The van der Waals surface area contributed by atoms with Crippen LogP contribution in [-0.4, -0.2) is 36.4 Å². The molecule has 0 aliphatic heterocycles. The average Bonchev–Trinajstić information content (AvgIpc) is 3.16. The molecule has 2 aromatic carbocycles. The molecular formula is C23H21N3O4. The third kappa shape index (κ3) is 4.16. The molecule has 2 aromatic heterocycles. The second kappa shape index (κ2) is 8.75. The summed E-state index contributed by atoms with van der Waals surface area (Å²) >= 11 is 0. The molecule has 30 heavy (non-hydrogen) atoms. The molecule has 0 bridgehead atoms. The van der Waals surface area contributed by atoms with Crippen molar-refractivity contribution >= 4 is 22.7 Å². The van der Waals surface area contributed by atoms with Gasteiger partial charge in [0.05, 0.1) is 28.9 Å². The summed E-state index contributed by atoms with van der Waals surface area (Å²) in [5, 5.41) is 7.51. The molecular weight excluding hydrogens is 382 g/mol. The highest BCUT2D eigenvalue weighted by molar-refractivity contribution is 6.13. The summed E-state index contributed by atoms with van der Waals surface area (Å²) in [6, 6.07) is 18.6. The van der Waals surface area contributed by atoms with Gasteiger partial charge in [-0.3, -0.25) is 4.79 Å². The number of fused-ring (bicyclic) bond motifs is 1. The number of aromatic nitrogens is 2. The van der Waals surface area contributed by atoms with E-state index in [0.29, 0.717) is 52.7 Å². The largest absolute Gasteiger partial charge is 0.491 e. The van der Waals surface area contributed by atoms with Crippen LogP contribution in [0.15, 0.2) is 65.2 Å². The van der Waals surface area contributed by atoms with Gasteiger partial charge in [0.1, 0.15) is 12.4 Å². The summed E-state index contributed by atoms with van der Waals surface area (Å²) in [7, 11) is 1.62. The third-order valence-electron chi connectivity index (χ3n) is 4.60. The van der Waals surface area contributed by atoms with Gasteiger partial charge < -0.3 is 19.3 Å². The molecule has 0 saturated heterocycles. The highest BCUT2D eigenvalue weighted by Gasteiger charge is 2.19. The molecule has 1 N–H and O–H groups in total. The van der Waals surface area contributed by atoms with Crippen molar-refractivity contribution in [2.75, 3.05) is 25.6 Å². The highest BCUT2D eigenvalue weighted by atomic mass is 16.5. The van der Waals surface area contributed by atoms with E-state index in [1.165, 1.54) is 0 Å². The summed E-state index contributed by atoms with van der Waals surface area (Å²) in [5.74, 6) is 0.441. The zero-order chi connectivity index (χ0) is 20.9. The molecule has 2 heterocycles. The van der Waals surface area contributed by atoms with Gasteiger partial charge in [0.15, 0.2) is 0 Å². The standard InChI is InChI=1S/C23H21N3O4/c1-15-21-19(14-20(25-23(21)30-26-15)16-6-4-3-5-7-16)22(27)24-17-8-10-18(11-9-17)29-13-12-28-2/h3-11,14H,12-13H2,1-2H3,(H,24,27). The van der Waals surface area contributed by atoms with Crippen molar-refractivity contribution in [1.29, 1.82) is 0 Å². The molecule has 0 unspecified atom stereocenters. The quantitative estimate of drug-likeness (QED) is 0.458. The predicted molar refractivity (Wildman–Crippen MR) is 114 cm³/mol. The van der Waals surface area contributed by atoms with E-state index < -0.39 is 0 Å². The first kappa shape index (κ1) is 19.6. The Morgan fingerprint density at radius 3 is 2.57 bits per heavy atom. The lowest BCUT2D eigenvalue weighted by atomic mass is 10.0. The first-order valence-electron chi connectivity index (χ1n) is 9.51. The van der Waals surface area contributed by atoms with Crippen molar-refractivity contribution < 1.29 is 18.8 Å². The summed E-state index contributed by atoms with van der Waals surface area (Å²) < 4.78 is 15.9. The topological polar surface area (TPSA) is 86.5 Å². The van der Waals surface area contributed by atoms with Crippen molar-refractivity contribution in [3.8, 4) is 17.0 Å². The molecule has 0 fully saturated rings. The summed E-state index contributed by atoms with van der Waals surface area (Å²) in [6.07, 6.45) is 0. The summed E-state index contributed by atoms with van der Waals surface area (Å²) in [6.45, 7) is 2.77. The van der Waals surface area contributed by atoms with Gasteiger partial charge in [-0.25, -0.2) is 4.98 Å². The lowest BCUT2D eigenvalue weighted by Crippen LogP contribution is -2.13. The van der Waals surface area contributed by atoms with Gasteiger partial charge in [-0.15, -0.1) is 0 Å². The number of carbonyl (C=O) groups excluding carboxylic acids is 1. The number of benzene rings is 2. The summed E-state index contributed by atoms with van der Waals surface area (Å²) in [5.41, 5.74) is 3.59. The minimum atomic E-state index is -0.265. The van der Waals surface area contributed by atoms with Crippen LogP contribution >= 0.6 is 0 Å². The molecule has 7 nitrogen and oxygen atoms in total.